The van der Waals surface area contributed by atoms with Gasteiger partial charge >= 0.3 is 0 Å². The molecular formula is C9H7BrIN3O. The third-order valence-corrected chi connectivity index (χ3v) is 3.36. The Balaban J connectivity index is 2.58. The smallest absolute Gasteiger partial charge is 0.222 e. The topological polar surface area (TPSA) is 46.4 Å². The molecule has 2 heterocycles. The van der Waals surface area contributed by atoms with Gasteiger partial charge in [0.15, 0.2) is 5.82 Å². The molecule has 0 aliphatic rings. The zero-order chi connectivity index (χ0) is 11.0. The summed E-state index contributed by atoms with van der Waals surface area (Å²) >= 11 is 5.53. The van der Waals surface area contributed by atoms with E-state index in [0.717, 1.165) is 13.6 Å². The van der Waals surface area contributed by atoms with Gasteiger partial charge in [-0.25, -0.2) is 4.52 Å². The number of carbonyl (C=O) groups is 1. The molecule has 15 heavy (non-hydrogen) atoms. The van der Waals surface area contributed by atoms with Gasteiger partial charge in [-0.2, -0.15) is 0 Å². The van der Waals surface area contributed by atoms with Gasteiger partial charge < -0.3 is 5.32 Å². The quantitative estimate of drug-likeness (QED) is 0.774. The summed E-state index contributed by atoms with van der Waals surface area (Å²) in [5, 5.41) is 6.95. The first-order valence-corrected chi connectivity index (χ1v) is 6.06. The van der Waals surface area contributed by atoms with Crippen molar-refractivity contribution in [3.8, 4) is 0 Å². The van der Waals surface area contributed by atoms with Crippen molar-refractivity contribution in [2.45, 2.75) is 6.92 Å². The summed E-state index contributed by atoms with van der Waals surface area (Å²) in [6.45, 7) is 1.47. The minimum absolute atomic E-state index is 0.115. The van der Waals surface area contributed by atoms with Crippen molar-refractivity contribution in [1.82, 2.24) is 9.61 Å². The molecule has 0 radical (unpaired) electrons. The number of fused-ring (bicyclic) bond motifs is 1. The van der Waals surface area contributed by atoms with Gasteiger partial charge in [-0.3, -0.25) is 4.79 Å². The number of amides is 1. The Morgan fingerprint density at radius 2 is 2.33 bits per heavy atom. The van der Waals surface area contributed by atoms with E-state index in [1.807, 2.05) is 18.3 Å². The fraction of sp³-hybridized carbons (Fsp3) is 0.111. The molecule has 2 rings (SSSR count). The predicted molar refractivity (Wildman–Crippen MR) is 69.9 cm³/mol. The molecule has 0 saturated carbocycles. The number of nitrogens with one attached hydrogen (secondary N) is 1. The summed E-state index contributed by atoms with van der Waals surface area (Å²) < 4.78 is 3.62. The molecule has 0 saturated heterocycles. The lowest BCUT2D eigenvalue weighted by atomic mass is 10.4. The largest absolute Gasteiger partial charge is 0.309 e. The molecule has 4 nitrogen and oxygen atoms in total. The number of pyridine rings is 1. The van der Waals surface area contributed by atoms with Gasteiger partial charge in [0.2, 0.25) is 5.91 Å². The maximum atomic E-state index is 10.9. The minimum Gasteiger partial charge on any atom is -0.309 e. The Hall–Kier alpha value is -0.630. The molecule has 0 bridgehead atoms. The highest BCUT2D eigenvalue weighted by atomic mass is 127. The summed E-state index contributed by atoms with van der Waals surface area (Å²) in [4.78, 5) is 10.9. The fourth-order valence-electron chi connectivity index (χ4n) is 1.24. The number of nitrogens with zero attached hydrogens (tertiary/aromatic N) is 2. The van der Waals surface area contributed by atoms with Crippen LogP contribution in [0, 0.1) is 3.57 Å². The number of hydrogen-bond acceptors (Lipinski definition) is 2. The van der Waals surface area contributed by atoms with Gasteiger partial charge in [-0.1, -0.05) is 0 Å². The Morgan fingerprint density at radius 1 is 1.60 bits per heavy atom. The molecule has 2 aromatic heterocycles. The number of carbonyl (C=O) groups excluding carboxylic acids is 1. The Kier molecular flexibility index (Phi) is 2.96. The van der Waals surface area contributed by atoms with E-state index in [1.165, 1.54) is 6.92 Å². The van der Waals surface area contributed by atoms with Crippen molar-refractivity contribution in [1.29, 1.82) is 0 Å². The van der Waals surface area contributed by atoms with Crippen LogP contribution in [0.4, 0.5) is 5.82 Å². The molecule has 0 atom stereocenters. The van der Waals surface area contributed by atoms with Gasteiger partial charge in [0.1, 0.15) is 0 Å². The summed E-state index contributed by atoms with van der Waals surface area (Å²) in [5.74, 6) is 0.483. The lowest BCUT2D eigenvalue weighted by Crippen LogP contribution is -2.07. The molecule has 6 heteroatoms. The van der Waals surface area contributed by atoms with E-state index in [9.17, 15) is 4.79 Å². The first-order valence-electron chi connectivity index (χ1n) is 4.19. The van der Waals surface area contributed by atoms with Crippen LogP contribution < -0.4 is 5.32 Å². The maximum absolute atomic E-state index is 10.9. The molecule has 78 valence electrons. The van der Waals surface area contributed by atoms with Crippen LogP contribution in [0.5, 0.6) is 0 Å². The predicted octanol–water partition coefficient (Wildman–Crippen LogP) is 2.66. The van der Waals surface area contributed by atoms with Crippen LogP contribution in [-0.4, -0.2) is 15.5 Å². The van der Waals surface area contributed by atoms with Gasteiger partial charge in [-0.05, 0) is 50.7 Å². The molecule has 0 unspecified atom stereocenters. The van der Waals surface area contributed by atoms with Gasteiger partial charge in [-0.15, -0.1) is 5.10 Å². The number of aromatic nitrogens is 2. The SMILES string of the molecule is CC(=O)Nc1nn2cc(Br)ccc2c1I. The molecule has 2 aromatic rings. The molecule has 1 N–H and O–H groups in total. The zero-order valence-electron chi connectivity index (χ0n) is 7.79. The number of rotatable bonds is 1. The molecule has 0 aliphatic carbocycles. The fourth-order valence-corrected chi connectivity index (χ4v) is 2.24. The Morgan fingerprint density at radius 3 is 3.00 bits per heavy atom. The molecule has 0 aromatic carbocycles. The van der Waals surface area contributed by atoms with Gasteiger partial charge in [0.05, 0.1) is 9.09 Å². The van der Waals surface area contributed by atoms with Crippen molar-refractivity contribution >= 4 is 55.8 Å². The molecule has 0 aliphatic heterocycles. The van der Waals surface area contributed by atoms with Crippen LogP contribution in [-0.2, 0) is 4.79 Å². The highest BCUT2D eigenvalue weighted by Crippen LogP contribution is 2.23. The highest BCUT2D eigenvalue weighted by molar-refractivity contribution is 14.1. The highest BCUT2D eigenvalue weighted by Gasteiger charge is 2.10. The third-order valence-electron chi connectivity index (χ3n) is 1.83. The second kappa shape index (κ2) is 4.09. The molecule has 1 amide bonds. The monoisotopic (exact) mass is 379 g/mol. The summed E-state index contributed by atoms with van der Waals surface area (Å²) in [5.41, 5.74) is 0.975. The Bertz CT molecular complexity index is 537. The number of anilines is 1. The second-order valence-corrected chi connectivity index (χ2v) is 5.02. The third kappa shape index (κ3) is 2.15. The van der Waals surface area contributed by atoms with E-state index in [-0.39, 0.29) is 5.91 Å². The van der Waals surface area contributed by atoms with Crippen LogP contribution >= 0.6 is 38.5 Å². The zero-order valence-corrected chi connectivity index (χ0v) is 11.5. The number of halogens is 2. The maximum Gasteiger partial charge on any atom is 0.222 e. The molecule has 0 spiro atoms. The van der Waals surface area contributed by atoms with Crippen molar-refractivity contribution in [2.24, 2.45) is 0 Å². The first-order chi connectivity index (χ1) is 7.08. The second-order valence-electron chi connectivity index (χ2n) is 3.02. The Labute approximate surface area is 108 Å². The van der Waals surface area contributed by atoms with Crippen molar-refractivity contribution < 1.29 is 4.79 Å². The van der Waals surface area contributed by atoms with Crippen LogP contribution in [0.2, 0.25) is 0 Å². The van der Waals surface area contributed by atoms with Gasteiger partial charge in [0, 0.05) is 17.6 Å². The lowest BCUT2D eigenvalue weighted by Gasteiger charge is -1.94. The van der Waals surface area contributed by atoms with Crippen molar-refractivity contribution in [3.05, 3.63) is 26.4 Å². The van der Waals surface area contributed by atoms with Crippen molar-refractivity contribution in [3.63, 3.8) is 0 Å². The standard InChI is InChI=1S/C9H7BrIN3O/c1-5(15)12-9-8(11)7-3-2-6(10)4-14(7)13-9/h2-4H,1H3,(H,12,13,15). The van der Waals surface area contributed by atoms with E-state index in [1.54, 1.807) is 4.52 Å². The van der Waals surface area contributed by atoms with E-state index < -0.39 is 0 Å². The average Bonchev–Trinajstić information content (AvgIpc) is 2.42. The van der Waals surface area contributed by atoms with E-state index in [4.69, 9.17) is 0 Å². The van der Waals surface area contributed by atoms with Crippen LogP contribution in [0.3, 0.4) is 0 Å². The van der Waals surface area contributed by atoms with E-state index in [0.29, 0.717) is 5.82 Å². The first kappa shape index (κ1) is 10.9. The van der Waals surface area contributed by atoms with Gasteiger partial charge in [0.25, 0.3) is 0 Å². The normalized spacial score (nSPS) is 10.6. The summed E-state index contributed by atoms with van der Waals surface area (Å²) in [7, 11) is 0. The van der Waals surface area contributed by atoms with Crippen molar-refractivity contribution in [2.75, 3.05) is 5.32 Å². The van der Waals surface area contributed by atoms with E-state index >= 15 is 0 Å². The van der Waals surface area contributed by atoms with Crippen LogP contribution in [0.25, 0.3) is 5.52 Å². The number of hydrogen-bond donors (Lipinski definition) is 1. The molecular weight excluding hydrogens is 373 g/mol. The molecule has 0 fully saturated rings. The summed E-state index contributed by atoms with van der Waals surface area (Å²) in [6.07, 6.45) is 1.85. The van der Waals surface area contributed by atoms with E-state index in [2.05, 4.69) is 48.9 Å². The minimum atomic E-state index is -0.115. The summed E-state index contributed by atoms with van der Waals surface area (Å²) in [6, 6.07) is 3.89. The van der Waals surface area contributed by atoms with Crippen LogP contribution in [0.1, 0.15) is 6.92 Å². The van der Waals surface area contributed by atoms with Crippen LogP contribution in [0.15, 0.2) is 22.8 Å². The lowest BCUT2D eigenvalue weighted by molar-refractivity contribution is -0.114. The average molecular weight is 380 g/mol.